The van der Waals surface area contributed by atoms with E-state index in [2.05, 4.69) is 16.0 Å². The van der Waals surface area contributed by atoms with Gasteiger partial charge >= 0.3 is 12.1 Å². The van der Waals surface area contributed by atoms with Gasteiger partial charge in [-0.2, -0.15) is 0 Å². The first kappa shape index (κ1) is 30.2. The van der Waals surface area contributed by atoms with Gasteiger partial charge in [0.15, 0.2) is 0 Å². The van der Waals surface area contributed by atoms with E-state index in [1.165, 1.54) is 6.42 Å². The highest BCUT2D eigenvalue weighted by molar-refractivity contribution is 5.99. The highest BCUT2D eigenvalue weighted by atomic mass is 16.5. The fourth-order valence-electron chi connectivity index (χ4n) is 5.42. The van der Waals surface area contributed by atoms with Crippen LogP contribution in [-0.2, 0) is 11.2 Å². The number of urea groups is 2. The quantitative estimate of drug-likeness (QED) is 0.395. The van der Waals surface area contributed by atoms with Crippen LogP contribution in [0.5, 0.6) is 5.75 Å². The molecule has 2 aromatic rings. The van der Waals surface area contributed by atoms with Gasteiger partial charge in [-0.25, -0.2) is 9.59 Å². The zero-order chi connectivity index (χ0) is 29.4. The Bertz CT molecular complexity index is 1190. The lowest BCUT2D eigenvalue weighted by Crippen LogP contribution is -2.50. The SMILES string of the molecule is C[C@@H]1CN([C@H](C)CO)C(=O)Cc2cc(NC(=O)Nc3ccccc3)ccc2O[C@@H]1CN(C)C(=O)NC1CCCCC1. The first-order chi connectivity index (χ1) is 19.7. The average molecular weight is 566 g/mol. The molecule has 0 spiro atoms. The van der Waals surface area contributed by atoms with Crippen molar-refractivity contribution in [3.05, 3.63) is 54.1 Å². The number of fused-ring (bicyclic) bond motifs is 1. The Hall–Kier alpha value is -3.79. The molecule has 4 rings (SSSR count). The Labute approximate surface area is 242 Å². The molecule has 10 nitrogen and oxygen atoms in total. The molecule has 0 unspecified atom stereocenters. The summed E-state index contributed by atoms with van der Waals surface area (Å²) in [6.07, 6.45) is 5.12. The van der Waals surface area contributed by atoms with Crippen LogP contribution < -0.4 is 20.7 Å². The smallest absolute Gasteiger partial charge is 0.323 e. The normalized spacial score (nSPS) is 20.4. The Morgan fingerprint density at radius 2 is 1.78 bits per heavy atom. The predicted octanol–water partition coefficient (Wildman–Crippen LogP) is 4.45. The third kappa shape index (κ3) is 8.36. The van der Waals surface area contributed by atoms with Crippen LogP contribution in [0.3, 0.4) is 0 Å². The first-order valence-electron chi connectivity index (χ1n) is 14.6. The fraction of sp³-hybridized carbons (Fsp3) is 0.516. The number of likely N-dealkylation sites (N-methyl/N-ethyl adjacent to an activating group) is 1. The Morgan fingerprint density at radius 1 is 1.07 bits per heavy atom. The van der Waals surface area contributed by atoms with Gasteiger partial charge in [0.1, 0.15) is 11.9 Å². The van der Waals surface area contributed by atoms with Crippen molar-refractivity contribution >= 4 is 29.3 Å². The number of amides is 5. The summed E-state index contributed by atoms with van der Waals surface area (Å²) in [7, 11) is 1.76. The van der Waals surface area contributed by atoms with Crippen molar-refractivity contribution in [3.8, 4) is 5.75 Å². The van der Waals surface area contributed by atoms with Crippen molar-refractivity contribution in [1.29, 1.82) is 0 Å². The molecule has 10 heteroatoms. The van der Waals surface area contributed by atoms with Crippen LogP contribution >= 0.6 is 0 Å². The first-order valence-corrected chi connectivity index (χ1v) is 14.6. The van der Waals surface area contributed by atoms with Crippen molar-refractivity contribution in [2.75, 3.05) is 37.4 Å². The molecule has 2 aliphatic rings. The van der Waals surface area contributed by atoms with Gasteiger partial charge < -0.3 is 35.6 Å². The molecule has 1 aliphatic carbocycles. The van der Waals surface area contributed by atoms with Gasteiger partial charge in [-0.15, -0.1) is 0 Å². The Kier molecular flexibility index (Phi) is 10.5. The van der Waals surface area contributed by atoms with E-state index in [1.807, 2.05) is 32.0 Å². The summed E-state index contributed by atoms with van der Waals surface area (Å²) >= 11 is 0. The van der Waals surface area contributed by atoms with Crippen molar-refractivity contribution < 1.29 is 24.2 Å². The number of hydrogen-bond donors (Lipinski definition) is 4. The second-order valence-corrected chi connectivity index (χ2v) is 11.3. The number of nitrogens with zero attached hydrogens (tertiary/aromatic N) is 2. The number of anilines is 2. The zero-order valence-electron chi connectivity index (χ0n) is 24.3. The lowest BCUT2D eigenvalue weighted by molar-refractivity contribution is -0.134. The fourth-order valence-corrected chi connectivity index (χ4v) is 5.42. The number of rotatable bonds is 7. The van der Waals surface area contributed by atoms with Crippen LogP contribution in [-0.4, -0.2) is 77.8 Å². The summed E-state index contributed by atoms with van der Waals surface area (Å²) in [5, 5.41) is 18.7. The molecule has 0 radical (unpaired) electrons. The van der Waals surface area contributed by atoms with Crippen LogP contribution in [0.2, 0.25) is 0 Å². The highest BCUT2D eigenvalue weighted by Crippen LogP contribution is 2.29. The van der Waals surface area contributed by atoms with E-state index in [0.717, 1.165) is 25.7 Å². The van der Waals surface area contributed by atoms with Gasteiger partial charge in [-0.1, -0.05) is 44.4 Å². The molecule has 0 bridgehead atoms. The summed E-state index contributed by atoms with van der Waals surface area (Å²) in [5.74, 6) is 0.264. The maximum atomic E-state index is 13.4. The molecule has 1 aliphatic heterocycles. The minimum atomic E-state index is -0.407. The maximum Gasteiger partial charge on any atom is 0.323 e. The molecule has 3 atom stereocenters. The number of aliphatic hydroxyl groups excluding tert-OH is 1. The monoisotopic (exact) mass is 565 g/mol. The Morgan fingerprint density at radius 3 is 2.49 bits per heavy atom. The molecule has 41 heavy (non-hydrogen) atoms. The molecule has 1 saturated carbocycles. The van der Waals surface area contributed by atoms with Gasteiger partial charge in [-0.05, 0) is 50.1 Å². The third-order valence-electron chi connectivity index (χ3n) is 7.94. The summed E-state index contributed by atoms with van der Waals surface area (Å²) in [5.41, 5.74) is 1.80. The van der Waals surface area contributed by atoms with Gasteiger partial charge in [-0.3, -0.25) is 4.79 Å². The number of hydrogen-bond acceptors (Lipinski definition) is 5. The second-order valence-electron chi connectivity index (χ2n) is 11.3. The van der Waals surface area contributed by atoms with Crippen LogP contribution in [0.4, 0.5) is 21.0 Å². The second kappa shape index (κ2) is 14.2. The molecule has 0 aromatic heterocycles. The molecular weight excluding hydrogens is 522 g/mol. The molecule has 4 N–H and O–H groups in total. The van der Waals surface area contributed by atoms with E-state index >= 15 is 0 Å². The van der Waals surface area contributed by atoms with E-state index in [-0.39, 0.29) is 43.0 Å². The van der Waals surface area contributed by atoms with Crippen molar-refractivity contribution in [2.24, 2.45) is 5.92 Å². The van der Waals surface area contributed by atoms with E-state index in [9.17, 15) is 19.5 Å². The number of carbonyl (C=O) groups excluding carboxylic acids is 3. The van der Waals surface area contributed by atoms with Crippen LogP contribution in [0.25, 0.3) is 0 Å². The lowest BCUT2D eigenvalue weighted by Gasteiger charge is -2.34. The minimum Gasteiger partial charge on any atom is -0.488 e. The standard InChI is InChI=1S/C31H43N5O5/c1-21-18-36(22(2)20-37)29(38)17-23-16-26(33-30(39)32-24-10-6-4-7-11-24)14-15-27(23)41-28(21)19-35(3)31(40)34-25-12-8-5-9-13-25/h4,6-7,10-11,14-16,21-22,25,28,37H,5,8-9,12-13,17-20H2,1-3H3,(H,34,40)(H2,32,33,39)/t21-,22-,28-/m1/s1. The number of benzene rings is 2. The summed E-state index contributed by atoms with van der Waals surface area (Å²) < 4.78 is 6.51. The summed E-state index contributed by atoms with van der Waals surface area (Å²) in [6, 6.07) is 13.6. The molecule has 1 fully saturated rings. The molecule has 222 valence electrons. The van der Waals surface area contributed by atoms with E-state index in [1.54, 1.807) is 47.2 Å². The Balaban J connectivity index is 1.53. The van der Waals surface area contributed by atoms with Crippen molar-refractivity contribution in [2.45, 2.75) is 70.6 Å². The molecular formula is C31H43N5O5. The van der Waals surface area contributed by atoms with Crippen LogP contribution in [0.1, 0.15) is 51.5 Å². The average Bonchev–Trinajstić information content (AvgIpc) is 3.01. The predicted molar refractivity (Wildman–Crippen MR) is 159 cm³/mol. The van der Waals surface area contributed by atoms with Gasteiger partial charge in [0.25, 0.3) is 0 Å². The van der Waals surface area contributed by atoms with Crippen LogP contribution in [0.15, 0.2) is 48.5 Å². The number of nitrogens with one attached hydrogen (secondary N) is 3. The maximum absolute atomic E-state index is 13.4. The summed E-state index contributed by atoms with van der Waals surface area (Å²) in [4.78, 5) is 42.4. The van der Waals surface area contributed by atoms with Crippen molar-refractivity contribution in [1.82, 2.24) is 15.1 Å². The minimum absolute atomic E-state index is 0.0486. The highest BCUT2D eigenvalue weighted by Gasteiger charge is 2.32. The largest absolute Gasteiger partial charge is 0.488 e. The van der Waals surface area contributed by atoms with E-state index in [4.69, 9.17) is 4.74 Å². The molecule has 5 amide bonds. The van der Waals surface area contributed by atoms with Crippen LogP contribution in [0, 0.1) is 5.92 Å². The molecule has 2 aromatic carbocycles. The van der Waals surface area contributed by atoms with Gasteiger partial charge in [0.05, 0.1) is 25.6 Å². The number of aliphatic hydroxyl groups is 1. The van der Waals surface area contributed by atoms with E-state index in [0.29, 0.717) is 35.8 Å². The molecule has 1 heterocycles. The topological polar surface area (TPSA) is 123 Å². The summed E-state index contributed by atoms with van der Waals surface area (Å²) in [6.45, 7) is 4.35. The lowest BCUT2D eigenvalue weighted by atomic mass is 9.96. The van der Waals surface area contributed by atoms with Gasteiger partial charge in [0.2, 0.25) is 5.91 Å². The molecule has 0 saturated heterocycles. The van der Waals surface area contributed by atoms with E-state index < -0.39 is 12.1 Å². The number of ether oxygens (including phenoxy) is 1. The van der Waals surface area contributed by atoms with Gasteiger partial charge in [0, 0.05) is 42.5 Å². The van der Waals surface area contributed by atoms with Crippen molar-refractivity contribution in [3.63, 3.8) is 0 Å². The third-order valence-corrected chi connectivity index (χ3v) is 7.94. The number of carbonyl (C=O) groups is 3. The number of para-hydroxylation sites is 1. The zero-order valence-corrected chi connectivity index (χ0v) is 24.3.